The first-order chi connectivity index (χ1) is 14.0. The third-order valence-corrected chi connectivity index (χ3v) is 3.89. The molecule has 0 bridgehead atoms. The number of hydrogen-bond acceptors (Lipinski definition) is 7. The third kappa shape index (κ3) is 5.77. The molecule has 0 atom stereocenters. The number of carbonyl (C=O) groups is 2. The smallest absolute Gasteiger partial charge is 0.270 e. The maximum Gasteiger partial charge on any atom is 0.270 e. The fourth-order valence-electron chi connectivity index (χ4n) is 2.54. The number of non-ortho nitro benzene ring substituents is 1. The topological polar surface area (TPSA) is 123 Å². The van der Waals surface area contributed by atoms with Crippen LogP contribution in [0.2, 0.25) is 0 Å². The number of nitriles is 1. The van der Waals surface area contributed by atoms with Crippen LogP contribution in [0.3, 0.4) is 0 Å². The fraction of sp³-hybridized carbons (Fsp3) is 0.250. The number of nitrogens with zero attached hydrogens (tertiary/aromatic N) is 3. The van der Waals surface area contributed by atoms with Crippen molar-refractivity contribution in [3.8, 4) is 17.6 Å². The molecule has 2 aromatic rings. The Morgan fingerprint density at radius 1 is 1.24 bits per heavy atom. The van der Waals surface area contributed by atoms with Gasteiger partial charge in [-0.25, -0.2) is 0 Å². The van der Waals surface area contributed by atoms with E-state index in [4.69, 9.17) is 14.7 Å². The Kier molecular flexibility index (Phi) is 7.68. The summed E-state index contributed by atoms with van der Waals surface area (Å²) in [5.41, 5.74) is 0.282. The van der Waals surface area contributed by atoms with Gasteiger partial charge in [0.2, 0.25) is 0 Å². The van der Waals surface area contributed by atoms with Crippen LogP contribution in [0, 0.1) is 21.4 Å². The summed E-state index contributed by atoms with van der Waals surface area (Å²) < 4.78 is 10.8. The number of amides is 1. The van der Waals surface area contributed by atoms with Crippen molar-refractivity contribution in [2.45, 2.75) is 13.3 Å². The molecule has 0 aromatic heterocycles. The van der Waals surface area contributed by atoms with Gasteiger partial charge in [0.15, 0.2) is 12.9 Å². The number of nitro groups is 1. The van der Waals surface area contributed by atoms with Gasteiger partial charge in [-0.3, -0.25) is 19.7 Å². The molecule has 9 nitrogen and oxygen atoms in total. The van der Waals surface area contributed by atoms with E-state index in [9.17, 15) is 19.7 Å². The Hall–Kier alpha value is -3.93. The number of hydrogen-bond donors (Lipinski definition) is 0. The van der Waals surface area contributed by atoms with Crippen LogP contribution >= 0.6 is 0 Å². The molecule has 2 rings (SSSR count). The molecule has 0 heterocycles. The summed E-state index contributed by atoms with van der Waals surface area (Å²) in [6, 6.07) is 12.4. The predicted molar refractivity (Wildman–Crippen MR) is 104 cm³/mol. The van der Waals surface area contributed by atoms with E-state index in [0.717, 1.165) is 6.07 Å². The fourth-order valence-corrected chi connectivity index (χ4v) is 2.54. The van der Waals surface area contributed by atoms with E-state index in [-0.39, 0.29) is 30.0 Å². The highest BCUT2D eigenvalue weighted by atomic mass is 16.6. The summed E-state index contributed by atoms with van der Waals surface area (Å²) in [6.07, 6.45) is 0.544. The summed E-state index contributed by atoms with van der Waals surface area (Å²) in [5, 5.41) is 19.7. The van der Waals surface area contributed by atoms with Crippen LogP contribution in [0.25, 0.3) is 0 Å². The number of anilines is 1. The van der Waals surface area contributed by atoms with Crippen molar-refractivity contribution in [1.29, 1.82) is 5.26 Å². The first kappa shape index (κ1) is 21.4. The van der Waals surface area contributed by atoms with Gasteiger partial charge >= 0.3 is 0 Å². The Bertz CT molecular complexity index is 921. The zero-order valence-corrected chi connectivity index (χ0v) is 15.7. The van der Waals surface area contributed by atoms with E-state index < -0.39 is 17.4 Å². The molecule has 0 aliphatic carbocycles. The van der Waals surface area contributed by atoms with Gasteiger partial charge < -0.3 is 14.4 Å². The highest BCUT2D eigenvalue weighted by molar-refractivity contribution is 5.94. The summed E-state index contributed by atoms with van der Waals surface area (Å²) in [5.74, 6) is 0.284. The maximum absolute atomic E-state index is 12.7. The van der Waals surface area contributed by atoms with Gasteiger partial charge in [-0.15, -0.1) is 0 Å². The number of aldehydes is 1. The molecule has 0 saturated heterocycles. The Labute approximate surface area is 167 Å². The number of nitro benzene ring substituents is 1. The van der Waals surface area contributed by atoms with Crippen LogP contribution < -0.4 is 14.4 Å². The van der Waals surface area contributed by atoms with Gasteiger partial charge in [-0.2, -0.15) is 5.26 Å². The summed E-state index contributed by atoms with van der Waals surface area (Å²) in [4.78, 5) is 35.4. The van der Waals surface area contributed by atoms with Crippen LogP contribution in [0.15, 0.2) is 42.5 Å². The van der Waals surface area contributed by atoms with E-state index >= 15 is 0 Å². The quantitative estimate of drug-likeness (QED) is 0.343. The summed E-state index contributed by atoms with van der Waals surface area (Å²) in [6.45, 7) is 2.13. The standard InChI is InChI=1S/C20H19N3O6/c1-2-28-18-7-4-16(5-8-18)22(11-3-10-21)20(25)14-29-19-9-6-17(23(26)27)12-15(19)13-24/h4-9,12-13H,2-3,11,14H2,1H3. The first-order valence-corrected chi connectivity index (χ1v) is 8.76. The normalized spacial score (nSPS) is 9.93. The number of carbonyl (C=O) groups excluding carboxylic acids is 2. The molecule has 0 aliphatic rings. The van der Waals surface area contributed by atoms with Crippen molar-refractivity contribution >= 4 is 23.6 Å². The van der Waals surface area contributed by atoms with Gasteiger partial charge in [0.1, 0.15) is 11.5 Å². The van der Waals surface area contributed by atoms with E-state index in [1.807, 2.05) is 13.0 Å². The second-order valence-electron chi connectivity index (χ2n) is 5.77. The molecular weight excluding hydrogens is 378 g/mol. The zero-order chi connectivity index (χ0) is 21.2. The third-order valence-electron chi connectivity index (χ3n) is 3.89. The molecule has 1 amide bonds. The Balaban J connectivity index is 2.15. The van der Waals surface area contributed by atoms with Crippen molar-refractivity contribution in [2.75, 3.05) is 24.7 Å². The molecule has 9 heteroatoms. The van der Waals surface area contributed by atoms with Crippen molar-refractivity contribution in [2.24, 2.45) is 0 Å². The van der Waals surface area contributed by atoms with Crippen LogP contribution in [-0.4, -0.2) is 36.9 Å². The van der Waals surface area contributed by atoms with Gasteiger partial charge in [0, 0.05) is 24.4 Å². The van der Waals surface area contributed by atoms with Gasteiger partial charge in [0.25, 0.3) is 11.6 Å². The second-order valence-corrected chi connectivity index (χ2v) is 5.77. The molecule has 0 saturated carbocycles. The maximum atomic E-state index is 12.7. The average Bonchev–Trinajstić information content (AvgIpc) is 2.73. The Morgan fingerprint density at radius 3 is 2.55 bits per heavy atom. The lowest BCUT2D eigenvalue weighted by molar-refractivity contribution is -0.384. The molecule has 0 radical (unpaired) electrons. The molecule has 0 unspecified atom stereocenters. The zero-order valence-electron chi connectivity index (χ0n) is 15.7. The van der Waals surface area contributed by atoms with Gasteiger partial charge in [-0.05, 0) is 37.3 Å². The lowest BCUT2D eigenvalue weighted by atomic mass is 10.2. The molecule has 0 spiro atoms. The molecule has 150 valence electrons. The highest BCUT2D eigenvalue weighted by Crippen LogP contribution is 2.24. The van der Waals surface area contributed by atoms with Crippen LogP contribution in [0.5, 0.6) is 11.5 Å². The minimum Gasteiger partial charge on any atom is -0.494 e. The minimum absolute atomic E-state index is 0.0309. The SMILES string of the molecule is CCOc1ccc(N(CCC#N)C(=O)COc2ccc([N+](=O)[O-])cc2C=O)cc1. The van der Waals surface area contributed by atoms with E-state index in [2.05, 4.69) is 0 Å². The predicted octanol–water partition coefficient (Wildman–Crippen LogP) is 3.13. The second kappa shape index (κ2) is 10.4. The Morgan fingerprint density at radius 2 is 1.97 bits per heavy atom. The van der Waals surface area contributed by atoms with Crippen molar-refractivity contribution < 1.29 is 24.0 Å². The molecule has 0 fully saturated rings. The monoisotopic (exact) mass is 397 g/mol. The largest absolute Gasteiger partial charge is 0.494 e. The number of ether oxygens (including phenoxy) is 2. The molecule has 29 heavy (non-hydrogen) atoms. The average molecular weight is 397 g/mol. The first-order valence-electron chi connectivity index (χ1n) is 8.76. The van der Waals surface area contributed by atoms with E-state index in [0.29, 0.717) is 24.3 Å². The molecular formula is C20H19N3O6. The van der Waals surface area contributed by atoms with Crippen LogP contribution in [-0.2, 0) is 4.79 Å². The summed E-state index contributed by atoms with van der Waals surface area (Å²) in [7, 11) is 0. The number of rotatable bonds is 10. The van der Waals surface area contributed by atoms with Gasteiger partial charge in [0.05, 0.1) is 29.6 Å². The molecule has 0 N–H and O–H groups in total. The molecule has 0 aliphatic heterocycles. The van der Waals surface area contributed by atoms with Crippen LogP contribution in [0.1, 0.15) is 23.7 Å². The van der Waals surface area contributed by atoms with Crippen molar-refractivity contribution in [3.05, 3.63) is 58.1 Å². The highest BCUT2D eigenvalue weighted by Gasteiger charge is 2.18. The number of benzene rings is 2. The lowest BCUT2D eigenvalue weighted by Gasteiger charge is -2.22. The van der Waals surface area contributed by atoms with E-state index in [1.54, 1.807) is 24.3 Å². The summed E-state index contributed by atoms with van der Waals surface area (Å²) >= 11 is 0. The van der Waals surface area contributed by atoms with Crippen molar-refractivity contribution in [1.82, 2.24) is 0 Å². The lowest BCUT2D eigenvalue weighted by Crippen LogP contribution is -2.35. The minimum atomic E-state index is -0.628. The van der Waals surface area contributed by atoms with Crippen LogP contribution in [0.4, 0.5) is 11.4 Å². The van der Waals surface area contributed by atoms with Gasteiger partial charge in [-0.1, -0.05) is 0 Å². The van der Waals surface area contributed by atoms with Crippen molar-refractivity contribution in [3.63, 3.8) is 0 Å². The molecule has 2 aromatic carbocycles. The van der Waals surface area contributed by atoms with E-state index in [1.165, 1.54) is 17.0 Å².